The van der Waals surface area contributed by atoms with E-state index < -0.39 is 5.69 Å². The molecule has 1 aliphatic heterocycles. The summed E-state index contributed by atoms with van der Waals surface area (Å²) in [6.45, 7) is 1.94. The molecule has 0 fully saturated rings. The van der Waals surface area contributed by atoms with Crippen molar-refractivity contribution in [2.45, 2.75) is 19.4 Å². The van der Waals surface area contributed by atoms with Crippen molar-refractivity contribution in [3.63, 3.8) is 0 Å². The van der Waals surface area contributed by atoms with Crippen molar-refractivity contribution in [3.05, 3.63) is 40.1 Å². The van der Waals surface area contributed by atoms with E-state index in [0.717, 1.165) is 5.56 Å². The van der Waals surface area contributed by atoms with Crippen LogP contribution in [0.1, 0.15) is 24.4 Å². The van der Waals surface area contributed by atoms with E-state index in [4.69, 9.17) is 9.47 Å². The van der Waals surface area contributed by atoms with Crippen LogP contribution in [-0.4, -0.2) is 27.9 Å². The highest BCUT2D eigenvalue weighted by molar-refractivity contribution is 5.79. The summed E-state index contributed by atoms with van der Waals surface area (Å²) in [5.41, 5.74) is 0.418. The van der Waals surface area contributed by atoms with Crippen LogP contribution in [0.15, 0.2) is 23.0 Å². The number of aromatic amines is 2. The minimum absolute atomic E-state index is 0.176. The van der Waals surface area contributed by atoms with Crippen LogP contribution >= 0.6 is 0 Å². The first-order valence-electron chi connectivity index (χ1n) is 6.44. The van der Waals surface area contributed by atoms with Crippen molar-refractivity contribution in [2.24, 2.45) is 0 Å². The Labute approximate surface area is 119 Å². The minimum atomic E-state index is -0.401. The van der Waals surface area contributed by atoms with Gasteiger partial charge in [0.05, 0.1) is 12.5 Å². The van der Waals surface area contributed by atoms with Crippen LogP contribution in [0.3, 0.4) is 0 Å². The molecular weight excluding hydrogens is 276 g/mol. The molecule has 1 amide bonds. The summed E-state index contributed by atoms with van der Waals surface area (Å²) in [5.74, 6) is 1.54. The molecule has 3 rings (SSSR count). The second kappa shape index (κ2) is 5.31. The summed E-state index contributed by atoms with van der Waals surface area (Å²) in [7, 11) is 0. The standard InChI is InChI=1S/C13H14N4O4/c1-7(12-15-13(19)17-16-12)14-11(18)5-8-2-3-9-10(4-8)21-6-20-9/h2-4,7H,5-6H2,1H3,(H,14,18)(H2,15,16,17,19)/t7-/m0/s1. The van der Waals surface area contributed by atoms with Crippen LogP contribution < -0.4 is 20.5 Å². The smallest absolute Gasteiger partial charge is 0.340 e. The second-order valence-corrected chi connectivity index (χ2v) is 4.72. The number of H-pyrrole nitrogens is 2. The zero-order valence-electron chi connectivity index (χ0n) is 11.3. The third-order valence-electron chi connectivity index (χ3n) is 3.11. The van der Waals surface area contributed by atoms with Crippen molar-refractivity contribution in [2.75, 3.05) is 6.79 Å². The molecule has 1 aliphatic rings. The minimum Gasteiger partial charge on any atom is -0.454 e. The molecule has 0 saturated carbocycles. The van der Waals surface area contributed by atoms with Gasteiger partial charge in [0.1, 0.15) is 0 Å². The Kier molecular flexibility index (Phi) is 3.35. The van der Waals surface area contributed by atoms with Gasteiger partial charge >= 0.3 is 5.69 Å². The van der Waals surface area contributed by atoms with Gasteiger partial charge in [-0.1, -0.05) is 6.07 Å². The predicted molar refractivity (Wildman–Crippen MR) is 72.0 cm³/mol. The molecule has 0 radical (unpaired) electrons. The van der Waals surface area contributed by atoms with Gasteiger partial charge in [0.25, 0.3) is 0 Å². The maximum absolute atomic E-state index is 12.0. The fraction of sp³-hybridized carbons (Fsp3) is 0.308. The van der Waals surface area contributed by atoms with Gasteiger partial charge in [-0.25, -0.2) is 9.89 Å². The molecular formula is C13H14N4O4. The lowest BCUT2D eigenvalue weighted by atomic mass is 10.1. The molecule has 21 heavy (non-hydrogen) atoms. The van der Waals surface area contributed by atoms with Gasteiger partial charge in [-0.05, 0) is 24.6 Å². The zero-order chi connectivity index (χ0) is 14.8. The number of carbonyl (C=O) groups excluding carboxylic acids is 1. The highest BCUT2D eigenvalue weighted by atomic mass is 16.7. The zero-order valence-corrected chi connectivity index (χ0v) is 11.3. The average molecular weight is 290 g/mol. The van der Waals surface area contributed by atoms with Crippen molar-refractivity contribution in [3.8, 4) is 11.5 Å². The van der Waals surface area contributed by atoms with E-state index in [1.54, 1.807) is 19.1 Å². The molecule has 1 aromatic heterocycles. The third kappa shape index (κ3) is 2.88. The number of nitrogens with zero attached hydrogens (tertiary/aromatic N) is 1. The normalized spacial score (nSPS) is 14.0. The van der Waals surface area contributed by atoms with Gasteiger partial charge in [0.15, 0.2) is 17.3 Å². The first-order valence-corrected chi connectivity index (χ1v) is 6.44. The predicted octanol–water partition coefficient (Wildman–Crippen LogP) is 0.247. The maximum atomic E-state index is 12.0. The largest absolute Gasteiger partial charge is 0.454 e. The van der Waals surface area contributed by atoms with Crippen molar-refractivity contribution >= 4 is 5.91 Å². The van der Waals surface area contributed by atoms with Crippen LogP contribution in [0.5, 0.6) is 11.5 Å². The number of rotatable bonds is 4. The number of ether oxygens (including phenoxy) is 2. The van der Waals surface area contributed by atoms with Crippen LogP contribution in [-0.2, 0) is 11.2 Å². The van der Waals surface area contributed by atoms with Crippen LogP contribution in [0.2, 0.25) is 0 Å². The van der Waals surface area contributed by atoms with Gasteiger partial charge in [-0.2, -0.15) is 5.10 Å². The monoisotopic (exact) mass is 290 g/mol. The highest BCUT2D eigenvalue weighted by Gasteiger charge is 2.16. The average Bonchev–Trinajstić information content (AvgIpc) is 3.06. The molecule has 0 spiro atoms. The third-order valence-corrected chi connectivity index (χ3v) is 3.11. The van der Waals surface area contributed by atoms with Crippen LogP contribution in [0.25, 0.3) is 0 Å². The Morgan fingerprint density at radius 1 is 1.43 bits per heavy atom. The van der Waals surface area contributed by atoms with E-state index in [0.29, 0.717) is 17.3 Å². The molecule has 8 heteroatoms. The lowest BCUT2D eigenvalue weighted by Gasteiger charge is -2.11. The van der Waals surface area contributed by atoms with E-state index in [9.17, 15) is 9.59 Å². The molecule has 0 bridgehead atoms. The van der Waals surface area contributed by atoms with E-state index in [1.165, 1.54) is 0 Å². The molecule has 110 valence electrons. The summed E-state index contributed by atoms with van der Waals surface area (Å²) < 4.78 is 10.5. The summed E-state index contributed by atoms with van der Waals surface area (Å²) in [5, 5.41) is 8.80. The summed E-state index contributed by atoms with van der Waals surface area (Å²) in [6.07, 6.45) is 0.204. The first kappa shape index (κ1) is 13.2. The van der Waals surface area contributed by atoms with E-state index >= 15 is 0 Å². The molecule has 0 saturated heterocycles. The van der Waals surface area contributed by atoms with Crippen LogP contribution in [0, 0.1) is 0 Å². The lowest BCUT2D eigenvalue weighted by Crippen LogP contribution is -2.29. The topological polar surface area (TPSA) is 109 Å². The van der Waals surface area contributed by atoms with Gasteiger partial charge in [0, 0.05) is 0 Å². The van der Waals surface area contributed by atoms with Gasteiger partial charge < -0.3 is 14.8 Å². The lowest BCUT2D eigenvalue weighted by molar-refractivity contribution is -0.121. The van der Waals surface area contributed by atoms with Crippen molar-refractivity contribution in [1.29, 1.82) is 0 Å². The number of amides is 1. The molecule has 0 unspecified atom stereocenters. The molecule has 3 N–H and O–H groups in total. The Morgan fingerprint density at radius 3 is 3.00 bits per heavy atom. The fourth-order valence-corrected chi connectivity index (χ4v) is 2.09. The van der Waals surface area contributed by atoms with E-state index in [2.05, 4.69) is 20.5 Å². The van der Waals surface area contributed by atoms with Crippen molar-refractivity contribution < 1.29 is 14.3 Å². The first-order chi connectivity index (χ1) is 10.1. The number of nitrogens with one attached hydrogen (secondary N) is 3. The Morgan fingerprint density at radius 2 is 2.24 bits per heavy atom. The Balaban J connectivity index is 1.62. The summed E-state index contributed by atoms with van der Waals surface area (Å²) in [6, 6.07) is 4.99. The maximum Gasteiger partial charge on any atom is 0.340 e. The summed E-state index contributed by atoms with van der Waals surface area (Å²) in [4.78, 5) is 25.5. The number of hydrogen-bond acceptors (Lipinski definition) is 5. The Hall–Kier alpha value is -2.77. The number of carbonyl (C=O) groups is 1. The molecule has 8 nitrogen and oxygen atoms in total. The van der Waals surface area contributed by atoms with Gasteiger partial charge in [0.2, 0.25) is 12.7 Å². The number of aromatic nitrogens is 3. The van der Waals surface area contributed by atoms with E-state index in [1.807, 2.05) is 6.07 Å². The highest BCUT2D eigenvalue weighted by Crippen LogP contribution is 2.32. The molecule has 2 heterocycles. The molecule has 2 aromatic rings. The summed E-state index contributed by atoms with van der Waals surface area (Å²) >= 11 is 0. The molecule has 0 aliphatic carbocycles. The Bertz CT molecular complexity index is 721. The number of hydrogen-bond donors (Lipinski definition) is 3. The van der Waals surface area contributed by atoms with Gasteiger partial charge in [-0.3, -0.25) is 9.78 Å². The SMILES string of the molecule is C[C@H](NC(=O)Cc1ccc2c(c1)OCO2)c1n[nH]c(=O)[nH]1. The second-order valence-electron chi connectivity index (χ2n) is 4.72. The van der Waals surface area contributed by atoms with Crippen molar-refractivity contribution in [1.82, 2.24) is 20.5 Å². The van der Waals surface area contributed by atoms with E-state index in [-0.39, 0.29) is 25.2 Å². The van der Waals surface area contributed by atoms with Crippen LogP contribution in [0.4, 0.5) is 0 Å². The molecule has 1 aromatic carbocycles. The number of benzene rings is 1. The molecule has 1 atom stereocenters. The quantitative estimate of drug-likeness (QED) is 0.747. The fourth-order valence-electron chi connectivity index (χ4n) is 2.09. The van der Waals surface area contributed by atoms with Gasteiger partial charge in [-0.15, -0.1) is 0 Å². The number of fused-ring (bicyclic) bond motifs is 1.